The Morgan fingerprint density at radius 2 is 2.06 bits per heavy atom. The summed E-state index contributed by atoms with van der Waals surface area (Å²) in [6.45, 7) is 5.36. The molecule has 98 valence electrons. The van der Waals surface area contributed by atoms with Gasteiger partial charge in [0, 0.05) is 10.2 Å². The zero-order valence-corrected chi connectivity index (χ0v) is 12.0. The molecule has 1 aromatic rings. The second-order valence-corrected chi connectivity index (χ2v) is 5.44. The first-order chi connectivity index (χ1) is 8.31. The molecule has 0 aromatic heterocycles. The maximum absolute atomic E-state index is 11.5. The average molecular weight is 315 g/mol. The van der Waals surface area contributed by atoms with Crippen LogP contribution < -0.4 is 10.6 Å². The van der Waals surface area contributed by atoms with Crippen molar-refractivity contribution in [1.29, 1.82) is 0 Å². The van der Waals surface area contributed by atoms with Gasteiger partial charge in [-0.05, 0) is 54.9 Å². The summed E-state index contributed by atoms with van der Waals surface area (Å²) in [5.41, 5.74) is 0.555. The third-order valence-corrected chi connectivity index (χ3v) is 2.52. The minimum atomic E-state index is -0.552. The summed E-state index contributed by atoms with van der Waals surface area (Å²) in [7, 11) is 0. The van der Waals surface area contributed by atoms with Gasteiger partial charge in [0.05, 0.1) is 5.69 Å². The fraction of sp³-hybridized carbons (Fsp3) is 0.333. The van der Waals surface area contributed by atoms with Gasteiger partial charge in [-0.3, -0.25) is 10.1 Å². The first-order valence-electron chi connectivity index (χ1n) is 5.31. The number of amides is 2. The van der Waals surface area contributed by atoms with Crippen molar-refractivity contribution < 1.29 is 14.3 Å². The molecule has 0 saturated carbocycles. The van der Waals surface area contributed by atoms with E-state index in [-0.39, 0.29) is 0 Å². The average Bonchev–Trinajstić information content (AvgIpc) is 2.20. The number of hydrogen-bond acceptors (Lipinski definition) is 3. The van der Waals surface area contributed by atoms with Crippen LogP contribution >= 0.6 is 15.9 Å². The van der Waals surface area contributed by atoms with Gasteiger partial charge in [-0.2, -0.15) is 0 Å². The quantitative estimate of drug-likeness (QED) is 0.841. The lowest BCUT2D eigenvalue weighted by Crippen LogP contribution is -2.27. The predicted molar refractivity (Wildman–Crippen MR) is 73.7 cm³/mol. The van der Waals surface area contributed by atoms with E-state index in [9.17, 15) is 9.59 Å². The lowest BCUT2D eigenvalue weighted by Gasteiger charge is -2.19. The number of nitrogens with one attached hydrogen (secondary N) is 2. The van der Waals surface area contributed by atoms with Crippen molar-refractivity contribution in [2.45, 2.75) is 26.4 Å². The second-order valence-electron chi connectivity index (χ2n) is 4.58. The summed E-state index contributed by atoms with van der Waals surface area (Å²) in [6, 6.07) is 5.05. The molecule has 0 aliphatic rings. The molecule has 1 rings (SSSR count). The van der Waals surface area contributed by atoms with E-state index in [0.717, 1.165) is 4.47 Å². The molecule has 5 nitrogen and oxygen atoms in total. The molecule has 2 amide bonds. The number of halogens is 1. The second kappa shape index (κ2) is 5.86. The van der Waals surface area contributed by atoms with Gasteiger partial charge in [-0.1, -0.05) is 0 Å². The summed E-state index contributed by atoms with van der Waals surface area (Å²) in [5, 5.41) is 5.10. The van der Waals surface area contributed by atoms with Gasteiger partial charge in [0.1, 0.15) is 5.60 Å². The van der Waals surface area contributed by atoms with Gasteiger partial charge in [-0.25, -0.2) is 4.79 Å². The Balaban J connectivity index is 2.76. The fourth-order valence-electron chi connectivity index (χ4n) is 1.20. The van der Waals surface area contributed by atoms with Crippen LogP contribution in [0.3, 0.4) is 0 Å². The van der Waals surface area contributed by atoms with Gasteiger partial charge in [0.2, 0.25) is 6.41 Å². The molecule has 0 atom stereocenters. The molecule has 0 unspecified atom stereocenters. The van der Waals surface area contributed by atoms with Gasteiger partial charge in [-0.15, -0.1) is 0 Å². The highest BCUT2D eigenvalue weighted by atomic mass is 79.9. The number of benzene rings is 1. The maximum atomic E-state index is 11.5. The van der Waals surface area contributed by atoms with E-state index in [0.29, 0.717) is 17.8 Å². The van der Waals surface area contributed by atoms with Crippen molar-refractivity contribution in [2.24, 2.45) is 0 Å². The van der Waals surface area contributed by atoms with Crippen LogP contribution in [0.1, 0.15) is 20.8 Å². The largest absolute Gasteiger partial charge is 0.444 e. The van der Waals surface area contributed by atoms with Crippen LogP contribution in [0.15, 0.2) is 22.7 Å². The molecule has 0 aliphatic heterocycles. The number of ether oxygens (including phenoxy) is 1. The molecule has 1 aromatic carbocycles. The highest BCUT2D eigenvalue weighted by Crippen LogP contribution is 2.25. The summed E-state index contributed by atoms with van der Waals surface area (Å²) in [5.74, 6) is 0. The van der Waals surface area contributed by atoms with Crippen LogP contribution in [0.25, 0.3) is 0 Å². The highest BCUT2D eigenvalue weighted by molar-refractivity contribution is 9.10. The van der Waals surface area contributed by atoms with Crippen molar-refractivity contribution in [3.8, 4) is 0 Å². The van der Waals surface area contributed by atoms with E-state index in [4.69, 9.17) is 4.74 Å². The van der Waals surface area contributed by atoms with Gasteiger partial charge >= 0.3 is 6.09 Å². The van der Waals surface area contributed by atoms with E-state index in [1.165, 1.54) is 0 Å². The van der Waals surface area contributed by atoms with Crippen LogP contribution in [0, 0.1) is 0 Å². The van der Waals surface area contributed by atoms with Crippen LogP contribution in [-0.2, 0) is 9.53 Å². The van der Waals surface area contributed by atoms with Crippen molar-refractivity contribution in [3.63, 3.8) is 0 Å². The van der Waals surface area contributed by atoms with E-state index >= 15 is 0 Å². The van der Waals surface area contributed by atoms with E-state index in [1.54, 1.807) is 39.0 Å². The molecule has 0 radical (unpaired) electrons. The van der Waals surface area contributed by atoms with Crippen LogP contribution in [0.2, 0.25) is 0 Å². The molecule has 0 spiro atoms. The molecule has 18 heavy (non-hydrogen) atoms. The highest BCUT2D eigenvalue weighted by Gasteiger charge is 2.16. The summed E-state index contributed by atoms with van der Waals surface area (Å²) in [6.07, 6.45) is 0.0269. The minimum absolute atomic E-state index is 0.539. The van der Waals surface area contributed by atoms with Crippen LogP contribution in [0.5, 0.6) is 0 Å². The molecule has 0 saturated heterocycles. The third kappa shape index (κ3) is 4.75. The zero-order valence-electron chi connectivity index (χ0n) is 10.4. The fourth-order valence-corrected chi connectivity index (χ4v) is 1.56. The summed E-state index contributed by atoms with van der Waals surface area (Å²) < 4.78 is 5.85. The Morgan fingerprint density at radius 3 is 2.61 bits per heavy atom. The zero-order chi connectivity index (χ0) is 13.8. The Kier molecular flexibility index (Phi) is 4.72. The van der Waals surface area contributed by atoms with E-state index in [1.807, 2.05) is 0 Å². The molecule has 0 heterocycles. The Bertz CT molecular complexity index is 455. The predicted octanol–water partition coefficient (Wildman–Crippen LogP) is 3.36. The molecule has 6 heteroatoms. The first kappa shape index (κ1) is 14.5. The number of carbonyl (C=O) groups excluding carboxylic acids is 2. The van der Waals surface area contributed by atoms with E-state index in [2.05, 4.69) is 26.6 Å². The number of hydrogen-bond donors (Lipinski definition) is 2. The smallest absolute Gasteiger partial charge is 0.412 e. The Morgan fingerprint density at radius 1 is 1.39 bits per heavy atom. The first-order valence-corrected chi connectivity index (χ1v) is 6.11. The standard InChI is InChI=1S/C12H15BrN2O3/c1-12(2,3)18-11(17)15-8-4-5-9(13)10(6-8)14-7-16/h4-7H,1-3H3,(H,14,16)(H,15,17). The van der Waals surface area contributed by atoms with Gasteiger partial charge in [0.25, 0.3) is 0 Å². The minimum Gasteiger partial charge on any atom is -0.444 e. The van der Waals surface area contributed by atoms with Crippen molar-refractivity contribution in [3.05, 3.63) is 22.7 Å². The molecular formula is C12H15BrN2O3. The van der Waals surface area contributed by atoms with Gasteiger partial charge < -0.3 is 10.1 Å². The molecule has 0 fully saturated rings. The number of carbonyl (C=O) groups is 2. The van der Waals surface area contributed by atoms with Crippen molar-refractivity contribution in [2.75, 3.05) is 10.6 Å². The topological polar surface area (TPSA) is 67.4 Å². The SMILES string of the molecule is CC(C)(C)OC(=O)Nc1ccc(Br)c(NC=O)c1. The van der Waals surface area contributed by atoms with Crippen molar-refractivity contribution >= 4 is 39.8 Å². The van der Waals surface area contributed by atoms with Gasteiger partial charge in [0.15, 0.2) is 0 Å². The summed E-state index contributed by atoms with van der Waals surface area (Å²) >= 11 is 3.28. The molecule has 0 bridgehead atoms. The molecule has 0 aliphatic carbocycles. The third-order valence-electron chi connectivity index (χ3n) is 1.83. The molecule has 2 N–H and O–H groups in total. The number of anilines is 2. The maximum Gasteiger partial charge on any atom is 0.412 e. The van der Waals surface area contributed by atoms with Crippen molar-refractivity contribution in [1.82, 2.24) is 0 Å². The Labute approximate surface area is 114 Å². The summed E-state index contributed by atoms with van der Waals surface area (Å²) in [4.78, 5) is 22.0. The molecular weight excluding hydrogens is 300 g/mol. The monoisotopic (exact) mass is 314 g/mol. The lowest BCUT2D eigenvalue weighted by molar-refractivity contribution is -0.105. The lowest BCUT2D eigenvalue weighted by atomic mass is 10.2. The number of rotatable bonds is 3. The Hall–Kier alpha value is -1.56. The van der Waals surface area contributed by atoms with Crippen LogP contribution in [-0.4, -0.2) is 18.1 Å². The van der Waals surface area contributed by atoms with Crippen LogP contribution in [0.4, 0.5) is 16.2 Å². The van der Waals surface area contributed by atoms with E-state index < -0.39 is 11.7 Å². The normalized spacial score (nSPS) is 10.7.